The van der Waals surface area contributed by atoms with Crippen LogP contribution in [0, 0.1) is 0 Å². The van der Waals surface area contributed by atoms with Crippen LogP contribution in [0.3, 0.4) is 0 Å². The highest BCUT2D eigenvalue weighted by Gasteiger charge is 2.28. The summed E-state index contributed by atoms with van der Waals surface area (Å²) < 4.78 is 37.2. The fraction of sp³-hybridized carbons (Fsp3) is 0.385. The third-order valence-electron chi connectivity index (χ3n) is 6.39. The van der Waals surface area contributed by atoms with Gasteiger partial charge in [0, 0.05) is 38.3 Å². The minimum Gasteiger partial charge on any atom is -0.497 e. The van der Waals surface area contributed by atoms with Crippen LogP contribution < -0.4 is 14.2 Å². The average Bonchev–Trinajstić information content (AvgIpc) is 3.30. The molecule has 2 atom stereocenters. The van der Waals surface area contributed by atoms with Crippen molar-refractivity contribution < 1.29 is 27.8 Å². The van der Waals surface area contributed by atoms with Gasteiger partial charge in [0.05, 0.1) is 36.7 Å². The van der Waals surface area contributed by atoms with Crippen LogP contribution in [-0.4, -0.2) is 87.0 Å². The number of anilines is 1. The fourth-order valence-corrected chi connectivity index (χ4v) is 5.06. The number of hydrogen-bond acceptors (Lipinski definition) is 8. The lowest BCUT2D eigenvalue weighted by Crippen LogP contribution is -2.41. The van der Waals surface area contributed by atoms with Crippen LogP contribution in [-0.2, 0) is 14.8 Å². The van der Waals surface area contributed by atoms with Crippen LogP contribution in [0.15, 0.2) is 54.7 Å². The van der Waals surface area contributed by atoms with E-state index >= 15 is 0 Å². The van der Waals surface area contributed by atoms with Crippen LogP contribution in [0.25, 0.3) is 10.9 Å². The van der Waals surface area contributed by atoms with Gasteiger partial charge in [-0.2, -0.15) is 0 Å². The fourth-order valence-electron chi connectivity index (χ4n) is 4.49. The molecular weight excluding hydrogens is 496 g/mol. The number of pyridine rings is 1. The number of aliphatic hydroxyl groups is 1. The number of carbonyl (C=O) groups excluding carboxylic acids is 1. The Bertz CT molecular complexity index is 1370. The van der Waals surface area contributed by atoms with Crippen molar-refractivity contribution >= 4 is 32.5 Å². The molecule has 1 fully saturated rings. The minimum absolute atomic E-state index is 0.220. The summed E-state index contributed by atoms with van der Waals surface area (Å²) in [6, 6.07) is 14.0. The van der Waals surface area contributed by atoms with E-state index < -0.39 is 10.0 Å². The molecule has 2 aromatic carbocycles. The highest BCUT2D eigenvalue weighted by Crippen LogP contribution is 2.31. The van der Waals surface area contributed by atoms with Gasteiger partial charge >= 0.3 is 0 Å². The van der Waals surface area contributed by atoms with E-state index in [1.807, 2.05) is 24.3 Å². The van der Waals surface area contributed by atoms with Crippen molar-refractivity contribution in [2.45, 2.75) is 18.6 Å². The molecule has 10 nitrogen and oxygen atoms in total. The Morgan fingerprint density at radius 3 is 2.78 bits per heavy atom. The van der Waals surface area contributed by atoms with Crippen molar-refractivity contribution in [1.29, 1.82) is 0 Å². The Balaban J connectivity index is 1.53. The molecule has 37 heavy (non-hydrogen) atoms. The summed E-state index contributed by atoms with van der Waals surface area (Å²) >= 11 is 0. The first kappa shape index (κ1) is 26.6. The molecule has 0 aliphatic carbocycles. The number of hydrogen-bond donors (Lipinski definition) is 2. The maximum absolute atomic E-state index is 13.3. The summed E-state index contributed by atoms with van der Waals surface area (Å²) in [6.07, 6.45) is 2.98. The number of nitrogens with one attached hydrogen (secondary N) is 1. The first-order valence-electron chi connectivity index (χ1n) is 11.9. The van der Waals surface area contributed by atoms with Gasteiger partial charge in [0.15, 0.2) is 6.61 Å². The lowest BCUT2D eigenvalue weighted by molar-refractivity contribution is -0.134. The number of ether oxygens (including phenoxy) is 2. The maximum Gasteiger partial charge on any atom is 0.260 e. The van der Waals surface area contributed by atoms with Gasteiger partial charge in [0.25, 0.3) is 5.91 Å². The van der Waals surface area contributed by atoms with Gasteiger partial charge in [-0.3, -0.25) is 19.4 Å². The van der Waals surface area contributed by atoms with Crippen molar-refractivity contribution in [3.8, 4) is 11.5 Å². The lowest BCUT2D eigenvalue weighted by Gasteiger charge is -2.32. The Kier molecular flexibility index (Phi) is 8.16. The van der Waals surface area contributed by atoms with E-state index in [4.69, 9.17) is 9.47 Å². The second-order valence-corrected chi connectivity index (χ2v) is 10.9. The van der Waals surface area contributed by atoms with Gasteiger partial charge < -0.3 is 19.5 Å². The molecule has 0 saturated carbocycles. The largest absolute Gasteiger partial charge is 0.497 e. The number of sulfonamides is 1. The predicted octanol–water partition coefficient (Wildman–Crippen LogP) is 2.26. The molecule has 2 N–H and O–H groups in total. The van der Waals surface area contributed by atoms with Crippen LogP contribution in [0.5, 0.6) is 11.5 Å². The smallest absolute Gasteiger partial charge is 0.260 e. The number of likely N-dealkylation sites (tertiary alicyclic amines) is 1. The predicted molar refractivity (Wildman–Crippen MR) is 141 cm³/mol. The van der Waals surface area contributed by atoms with Gasteiger partial charge in [-0.05, 0) is 48.4 Å². The van der Waals surface area contributed by atoms with Gasteiger partial charge in [0.2, 0.25) is 10.0 Å². The zero-order valence-electron chi connectivity index (χ0n) is 21.1. The highest BCUT2D eigenvalue weighted by atomic mass is 32.2. The molecule has 0 spiro atoms. The molecule has 198 valence electrons. The average molecular weight is 529 g/mol. The Labute approximate surface area is 216 Å². The lowest BCUT2D eigenvalue weighted by atomic mass is 10.0. The normalized spacial score (nSPS) is 16.9. The number of aliphatic hydroxyl groups excluding tert-OH is 1. The second-order valence-electron chi connectivity index (χ2n) is 9.17. The molecule has 11 heteroatoms. The Hall–Kier alpha value is -3.41. The summed E-state index contributed by atoms with van der Waals surface area (Å²) in [4.78, 5) is 21.4. The molecule has 1 saturated heterocycles. The van der Waals surface area contributed by atoms with E-state index in [2.05, 4.69) is 14.6 Å². The van der Waals surface area contributed by atoms with Crippen LogP contribution in [0.4, 0.5) is 5.69 Å². The topological polar surface area (TPSA) is 121 Å². The molecule has 1 unspecified atom stereocenters. The van der Waals surface area contributed by atoms with Crippen molar-refractivity contribution in [3.05, 3.63) is 60.3 Å². The van der Waals surface area contributed by atoms with E-state index in [9.17, 15) is 18.3 Å². The van der Waals surface area contributed by atoms with E-state index in [-0.39, 0.29) is 24.7 Å². The van der Waals surface area contributed by atoms with Crippen molar-refractivity contribution in [2.75, 3.05) is 51.4 Å². The van der Waals surface area contributed by atoms with Crippen LogP contribution in [0.1, 0.15) is 18.0 Å². The minimum atomic E-state index is -3.49. The number of nitrogens with zero attached hydrogens (tertiary/aromatic N) is 3. The van der Waals surface area contributed by atoms with Gasteiger partial charge in [-0.25, -0.2) is 8.42 Å². The quantitative estimate of drug-likeness (QED) is 0.411. The number of methoxy groups -OCH3 is 1. The Morgan fingerprint density at radius 1 is 1.27 bits per heavy atom. The molecule has 1 aliphatic heterocycles. The zero-order chi connectivity index (χ0) is 26.6. The van der Waals surface area contributed by atoms with Crippen molar-refractivity contribution in [2.24, 2.45) is 0 Å². The van der Waals surface area contributed by atoms with E-state index in [0.717, 1.165) is 18.4 Å². The number of rotatable bonds is 10. The van der Waals surface area contributed by atoms with Gasteiger partial charge in [-0.15, -0.1) is 0 Å². The summed E-state index contributed by atoms with van der Waals surface area (Å²) in [5, 5.41) is 10.6. The summed E-state index contributed by atoms with van der Waals surface area (Å²) in [6.45, 7) is 1.66. The number of fused-ring (bicyclic) bond motifs is 1. The number of β-amino-alcohol motifs (C(OH)–C–C–N with tert-alkyl or cyclic N) is 1. The summed E-state index contributed by atoms with van der Waals surface area (Å²) in [7, 11) is -0.155. The molecule has 2 heterocycles. The number of likely N-dealkylation sites (N-methyl/N-ethyl adjacent to an activating group) is 1. The first-order chi connectivity index (χ1) is 17.6. The third-order valence-corrected chi connectivity index (χ3v) is 6.98. The molecule has 0 radical (unpaired) electrons. The zero-order valence-corrected chi connectivity index (χ0v) is 21.9. The molecule has 1 amide bonds. The number of carbonyl (C=O) groups is 1. The van der Waals surface area contributed by atoms with Crippen molar-refractivity contribution in [3.63, 3.8) is 0 Å². The first-order valence-corrected chi connectivity index (χ1v) is 13.8. The van der Waals surface area contributed by atoms with Crippen LogP contribution >= 0.6 is 0 Å². The van der Waals surface area contributed by atoms with Gasteiger partial charge in [0.1, 0.15) is 11.5 Å². The molecule has 3 aromatic rings. The standard InChI is InChI=1S/C26H32N4O6S/c1-29(23(16-30-13-11-19(31)15-30)18-6-4-7-20(14-18)35-2)25(32)17-36-24-10-9-22(28-37(3,33)34)26-21(24)8-5-12-27-26/h4-10,12,14,19,23,28,31H,11,13,15-17H2,1-3H3/t19-,23?/m0/s1. The van der Waals surface area contributed by atoms with Gasteiger partial charge in [-0.1, -0.05) is 12.1 Å². The van der Waals surface area contributed by atoms with E-state index in [1.165, 1.54) is 0 Å². The summed E-state index contributed by atoms with van der Waals surface area (Å²) in [5.41, 5.74) is 1.68. The number of amides is 1. The molecular formula is C26H32N4O6S. The number of benzene rings is 2. The molecule has 1 aromatic heterocycles. The van der Waals surface area contributed by atoms with E-state index in [0.29, 0.717) is 47.6 Å². The summed E-state index contributed by atoms with van der Waals surface area (Å²) in [5.74, 6) is 0.884. The van der Waals surface area contributed by atoms with Crippen molar-refractivity contribution in [1.82, 2.24) is 14.8 Å². The van der Waals surface area contributed by atoms with E-state index in [1.54, 1.807) is 49.5 Å². The molecule has 4 rings (SSSR count). The highest BCUT2D eigenvalue weighted by molar-refractivity contribution is 7.92. The molecule has 0 bridgehead atoms. The maximum atomic E-state index is 13.3. The number of aromatic nitrogens is 1. The van der Waals surface area contributed by atoms with Crippen LogP contribution in [0.2, 0.25) is 0 Å². The molecule has 1 aliphatic rings. The second kappa shape index (κ2) is 11.3. The monoisotopic (exact) mass is 528 g/mol. The Morgan fingerprint density at radius 2 is 2.08 bits per heavy atom. The third kappa shape index (κ3) is 6.68. The SMILES string of the molecule is COc1cccc(C(CN2CC[C@H](O)C2)N(C)C(=O)COc2ccc(NS(C)(=O)=O)c3ncccc23)c1.